The van der Waals surface area contributed by atoms with Crippen LogP contribution in [0.5, 0.6) is 5.88 Å². The summed E-state index contributed by atoms with van der Waals surface area (Å²) in [7, 11) is 1.81. The van der Waals surface area contributed by atoms with Crippen LogP contribution in [0.4, 0.5) is 0 Å². The summed E-state index contributed by atoms with van der Waals surface area (Å²) in [5.74, 6) is 0.716. The highest BCUT2D eigenvalue weighted by atomic mass is 35.5. The topological polar surface area (TPSA) is 38.0 Å². The summed E-state index contributed by atoms with van der Waals surface area (Å²) in [5.41, 5.74) is 0.819. The van der Waals surface area contributed by atoms with E-state index < -0.39 is 0 Å². The van der Waals surface area contributed by atoms with E-state index in [2.05, 4.69) is 4.98 Å². The zero-order valence-electron chi connectivity index (χ0n) is 8.61. The number of hydrogen-bond donors (Lipinski definition) is 1. The largest absolute Gasteiger partial charge is 0.492 e. The summed E-state index contributed by atoms with van der Waals surface area (Å²) in [4.78, 5) is 3.99. The highest BCUT2D eigenvalue weighted by Gasteiger charge is 2.10. The van der Waals surface area contributed by atoms with Crippen molar-refractivity contribution in [2.45, 2.75) is 6.42 Å². The van der Waals surface area contributed by atoms with Crippen LogP contribution in [0.2, 0.25) is 10.0 Å². The Balaban J connectivity index is 2.37. The number of rotatable bonds is 2. The molecule has 0 radical (unpaired) electrons. The summed E-state index contributed by atoms with van der Waals surface area (Å²) >= 11 is 12.1. The fourth-order valence-electron chi connectivity index (χ4n) is 1.51. The number of aryl methyl sites for hydroxylation is 1. The molecule has 0 amide bonds. The molecular formula is C11H10Cl2N2O. The zero-order valence-corrected chi connectivity index (χ0v) is 10.1. The highest BCUT2D eigenvalue weighted by molar-refractivity contribution is 6.36. The Morgan fingerprint density at radius 2 is 1.94 bits per heavy atom. The van der Waals surface area contributed by atoms with E-state index in [4.69, 9.17) is 23.2 Å². The van der Waals surface area contributed by atoms with Crippen LogP contribution in [-0.2, 0) is 13.5 Å². The molecule has 0 aliphatic carbocycles. The molecule has 1 aromatic carbocycles. The highest BCUT2D eigenvalue weighted by Crippen LogP contribution is 2.26. The Morgan fingerprint density at radius 1 is 1.31 bits per heavy atom. The number of imidazole rings is 1. The van der Waals surface area contributed by atoms with Gasteiger partial charge >= 0.3 is 0 Å². The molecule has 1 N–H and O–H groups in total. The molecule has 0 bridgehead atoms. The molecule has 2 aromatic rings. The lowest BCUT2D eigenvalue weighted by Gasteiger charge is -2.06. The first-order valence-corrected chi connectivity index (χ1v) is 5.47. The van der Waals surface area contributed by atoms with E-state index in [1.807, 2.05) is 7.05 Å². The molecule has 5 heteroatoms. The quantitative estimate of drug-likeness (QED) is 0.897. The second-order valence-corrected chi connectivity index (χ2v) is 4.32. The predicted octanol–water partition coefficient (Wildman–Crippen LogP) is 3.02. The fraction of sp³-hybridized carbons (Fsp3) is 0.182. The van der Waals surface area contributed by atoms with E-state index in [-0.39, 0.29) is 5.88 Å². The van der Waals surface area contributed by atoms with Gasteiger partial charge in [0.2, 0.25) is 5.88 Å². The van der Waals surface area contributed by atoms with E-state index in [0.717, 1.165) is 5.56 Å². The molecule has 0 aliphatic heterocycles. The van der Waals surface area contributed by atoms with Crippen molar-refractivity contribution >= 4 is 23.2 Å². The van der Waals surface area contributed by atoms with Crippen molar-refractivity contribution in [2.24, 2.45) is 7.05 Å². The summed E-state index contributed by atoms with van der Waals surface area (Å²) in [5, 5.41) is 10.5. The fourth-order valence-corrected chi connectivity index (χ4v) is 2.04. The molecule has 0 unspecified atom stereocenters. The van der Waals surface area contributed by atoms with Gasteiger partial charge in [-0.3, -0.25) is 0 Å². The number of hydrogen-bond acceptors (Lipinski definition) is 2. The van der Waals surface area contributed by atoms with Gasteiger partial charge in [0.25, 0.3) is 0 Å². The van der Waals surface area contributed by atoms with Gasteiger partial charge in [-0.2, -0.15) is 4.98 Å². The van der Waals surface area contributed by atoms with Crippen LogP contribution < -0.4 is 0 Å². The molecule has 16 heavy (non-hydrogen) atoms. The first kappa shape index (κ1) is 11.3. The van der Waals surface area contributed by atoms with Crippen molar-refractivity contribution in [3.63, 3.8) is 0 Å². The van der Waals surface area contributed by atoms with E-state index in [1.54, 1.807) is 29.0 Å². The first-order chi connectivity index (χ1) is 7.58. The minimum atomic E-state index is 0.000626. The molecule has 0 saturated carbocycles. The SMILES string of the molecule is Cn1cc(O)nc1Cc1c(Cl)cccc1Cl. The maximum atomic E-state index is 9.25. The molecular weight excluding hydrogens is 247 g/mol. The predicted molar refractivity (Wildman–Crippen MR) is 64.1 cm³/mol. The number of nitrogens with zero attached hydrogens (tertiary/aromatic N) is 2. The average Bonchev–Trinajstić information content (AvgIpc) is 2.51. The van der Waals surface area contributed by atoms with Crippen LogP contribution in [0.25, 0.3) is 0 Å². The second kappa shape index (κ2) is 4.36. The van der Waals surface area contributed by atoms with Crippen molar-refractivity contribution in [3.8, 4) is 5.88 Å². The first-order valence-electron chi connectivity index (χ1n) is 4.72. The van der Waals surface area contributed by atoms with Crippen LogP contribution in [-0.4, -0.2) is 14.7 Å². The van der Waals surface area contributed by atoms with Crippen LogP contribution in [0.15, 0.2) is 24.4 Å². The molecule has 1 aromatic heterocycles. The van der Waals surface area contributed by atoms with Crippen LogP contribution in [0.1, 0.15) is 11.4 Å². The summed E-state index contributed by atoms with van der Waals surface area (Å²) < 4.78 is 1.75. The molecule has 1 heterocycles. The van der Waals surface area contributed by atoms with Gasteiger partial charge in [-0.25, -0.2) is 0 Å². The van der Waals surface area contributed by atoms with E-state index in [1.165, 1.54) is 0 Å². The molecule has 0 saturated heterocycles. The Bertz CT molecular complexity index is 502. The minimum Gasteiger partial charge on any atom is -0.492 e. The molecule has 2 rings (SSSR count). The van der Waals surface area contributed by atoms with Gasteiger partial charge in [0, 0.05) is 23.5 Å². The molecule has 3 nitrogen and oxygen atoms in total. The number of aromatic hydroxyl groups is 1. The van der Waals surface area contributed by atoms with E-state index in [0.29, 0.717) is 22.3 Å². The molecule has 0 aliphatic rings. The van der Waals surface area contributed by atoms with Gasteiger partial charge in [0.1, 0.15) is 5.82 Å². The third kappa shape index (κ3) is 2.15. The van der Waals surface area contributed by atoms with Gasteiger partial charge in [-0.15, -0.1) is 0 Å². The molecule has 0 spiro atoms. The maximum absolute atomic E-state index is 9.25. The lowest BCUT2D eigenvalue weighted by atomic mass is 10.1. The summed E-state index contributed by atoms with van der Waals surface area (Å²) in [6.07, 6.45) is 2.04. The monoisotopic (exact) mass is 256 g/mol. The van der Waals surface area contributed by atoms with E-state index >= 15 is 0 Å². The molecule has 0 atom stereocenters. The maximum Gasteiger partial charge on any atom is 0.229 e. The van der Waals surface area contributed by atoms with Crippen molar-refractivity contribution in [3.05, 3.63) is 45.8 Å². The lowest BCUT2D eigenvalue weighted by molar-refractivity contribution is 0.455. The van der Waals surface area contributed by atoms with E-state index in [9.17, 15) is 5.11 Å². The zero-order chi connectivity index (χ0) is 11.7. The summed E-state index contributed by atoms with van der Waals surface area (Å²) in [6, 6.07) is 5.36. The standard InChI is InChI=1S/C11H10Cl2N2O/c1-15-6-11(16)14-10(15)5-7-8(12)3-2-4-9(7)13/h2-4,6,16H,5H2,1H3. The van der Waals surface area contributed by atoms with Crippen molar-refractivity contribution < 1.29 is 5.11 Å². The van der Waals surface area contributed by atoms with Crippen molar-refractivity contribution in [1.82, 2.24) is 9.55 Å². The lowest BCUT2D eigenvalue weighted by Crippen LogP contribution is -1.99. The average molecular weight is 257 g/mol. The Labute approximate surface area is 103 Å². The van der Waals surface area contributed by atoms with Gasteiger partial charge in [-0.1, -0.05) is 29.3 Å². The molecule has 84 valence electrons. The Morgan fingerprint density at radius 3 is 2.44 bits per heavy atom. The Hall–Kier alpha value is -1.19. The third-order valence-corrected chi connectivity index (χ3v) is 3.06. The van der Waals surface area contributed by atoms with Gasteiger partial charge in [0.05, 0.1) is 6.20 Å². The number of benzene rings is 1. The summed E-state index contributed by atoms with van der Waals surface area (Å²) in [6.45, 7) is 0. The number of halogens is 2. The Kier molecular flexibility index (Phi) is 3.08. The number of aromatic nitrogens is 2. The van der Waals surface area contributed by atoms with Gasteiger partial charge in [-0.05, 0) is 17.7 Å². The molecule has 0 fully saturated rings. The van der Waals surface area contributed by atoms with Crippen LogP contribution >= 0.6 is 23.2 Å². The second-order valence-electron chi connectivity index (χ2n) is 3.50. The smallest absolute Gasteiger partial charge is 0.229 e. The van der Waals surface area contributed by atoms with Crippen LogP contribution in [0, 0.1) is 0 Å². The van der Waals surface area contributed by atoms with Crippen molar-refractivity contribution in [2.75, 3.05) is 0 Å². The van der Waals surface area contributed by atoms with Crippen molar-refractivity contribution in [1.29, 1.82) is 0 Å². The minimum absolute atomic E-state index is 0.000626. The normalized spacial score (nSPS) is 10.7. The van der Waals surface area contributed by atoms with Gasteiger partial charge in [0.15, 0.2) is 0 Å². The van der Waals surface area contributed by atoms with Gasteiger partial charge < -0.3 is 9.67 Å². The third-order valence-electron chi connectivity index (χ3n) is 2.36. The van der Waals surface area contributed by atoms with Crippen LogP contribution in [0.3, 0.4) is 0 Å².